The number of aromatic nitrogens is 2. The van der Waals surface area contributed by atoms with Crippen LogP contribution < -0.4 is 10.2 Å². The number of nitrogens with one attached hydrogen (secondary N) is 1. The molecule has 3 aromatic rings. The molecule has 2 saturated heterocycles. The van der Waals surface area contributed by atoms with Crippen molar-refractivity contribution in [1.29, 1.82) is 0 Å². The van der Waals surface area contributed by atoms with Gasteiger partial charge in [0, 0.05) is 44.4 Å². The highest BCUT2D eigenvalue weighted by Gasteiger charge is 2.36. The number of fused-ring (bicyclic) bond motifs is 1. The molecule has 0 unspecified atom stereocenters. The summed E-state index contributed by atoms with van der Waals surface area (Å²) in [7, 11) is 0. The predicted molar refractivity (Wildman–Crippen MR) is 128 cm³/mol. The molecule has 2 aliphatic rings. The molecular formula is C25H26F5N5O2. The smallest absolute Gasteiger partial charge is 0.378 e. The van der Waals surface area contributed by atoms with E-state index in [1.54, 1.807) is 13.1 Å². The standard InChI is InChI=1S/C25H26F5N5O2/c1-15-8-19(26)20(32-24(36)34-3-2-16(13-34)11-25(28,29)30)10-18(15)17-9-21(33-4-6-37-7-5-33)23-31-12-22(27)35(23)14-17/h8-10,12,14,16H,2-7,11,13H2,1H3,(H,32,36)/t16-/m0/s1. The Morgan fingerprint density at radius 1 is 1.16 bits per heavy atom. The molecule has 4 heterocycles. The summed E-state index contributed by atoms with van der Waals surface area (Å²) in [5, 5.41) is 2.51. The Bertz CT molecular complexity index is 1320. The lowest BCUT2D eigenvalue weighted by atomic mass is 10.00. The third kappa shape index (κ3) is 5.34. The van der Waals surface area contributed by atoms with Crippen molar-refractivity contribution in [2.75, 3.05) is 49.6 Å². The van der Waals surface area contributed by atoms with Gasteiger partial charge in [-0.1, -0.05) is 0 Å². The molecular weight excluding hydrogens is 497 g/mol. The number of benzene rings is 1. The van der Waals surface area contributed by atoms with Crippen LogP contribution in [0.4, 0.5) is 38.1 Å². The Kier molecular flexibility index (Phi) is 6.69. The molecule has 0 bridgehead atoms. The molecule has 1 atom stereocenters. The van der Waals surface area contributed by atoms with Crippen LogP contribution in [-0.4, -0.2) is 65.9 Å². The second-order valence-electron chi connectivity index (χ2n) is 9.49. The average Bonchev–Trinajstić information content (AvgIpc) is 3.46. The third-order valence-corrected chi connectivity index (χ3v) is 6.85. The van der Waals surface area contributed by atoms with E-state index in [2.05, 4.69) is 10.3 Å². The van der Waals surface area contributed by atoms with Gasteiger partial charge in [0.1, 0.15) is 5.82 Å². The molecule has 1 N–H and O–H groups in total. The normalized spacial score (nSPS) is 18.6. The van der Waals surface area contributed by atoms with E-state index in [-0.39, 0.29) is 25.2 Å². The van der Waals surface area contributed by atoms with E-state index in [0.717, 1.165) is 6.20 Å². The first-order valence-electron chi connectivity index (χ1n) is 12.0. The Morgan fingerprint density at radius 2 is 1.92 bits per heavy atom. The Labute approximate surface area is 209 Å². The molecule has 2 amide bonds. The number of likely N-dealkylation sites (tertiary alicyclic amines) is 1. The van der Waals surface area contributed by atoms with Crippen LogP contribution in [-0.2, 0) is 4.74 Å². The number of pyridine rings is 1. The maximum Gasteiger partial charge on any atom is 0.389 e. The van der Waals surface area contributed by atoms with Crippen LogP contribution in [0.3, 0.4) is 0 Å². The van der Waals surface area contributed by atoms with E-state index in [4.69, 9.17) is 4.74 Å². The van der Waals surface area contributed by atoms with Gasteiger partial charge < -0.3 is 19.9 Å². The Balaban J connectivity index is 1.44. The van der Waals surface area contributed by atoms with Crippen LogP contribution in [0.15, 0.2) is 30.6 Å². The maximum absolute atomic E-state index is 14.9. The lowest BCUT2D eigenvalue weighted by Crippen LogP contribution is -2.36. The number of nitrogens with zero attached hydrogens (tertiary/aromatic N) is 4. The zero-order valence-corrected chi connectivity index (χ0v) is 20.1. The van der Waals surface area contributed by atoms with Crippen LogP contribution in [0, 0.1) is 24.6 Å². The Hall–Kier alpha value is -3.41. The van der Waals surface area contributed by atoms with Gasteiger partial charge >= 0.3 is 12.2 Å². The second kappa shape index (κ2) is 9.81. The molecule has 2 aliphatic heterocycles. The van der Waals surface area contributed by atoms with Gasteiger partial charge in [0.25, 0.3) is 0 Å². The van der Waals surface area contributed by atoms with E-state index < -0.39 is 36.3 Å². The molecule has 198 valence electrons. The van der Waals surface area contributed by atoms with Gasteiger partial charge in [0.15, 0.2) is 5.65 Å². The molecule has 5 rings (SSSR count). The predicted octanol–water partition coefficient (Wildman–Crippen LogP) is 5.23. The summed E-state index contributed by atoms with van der Waals surface area (Å²) in [6, 6.07) is 3.92. The number of hydrogen-bond acceptors (Lipinski definition) is 4. The van der Waals surface area contributed by atoms with Gasteiger partial charge in [-0.05, 0) is 48.6 Å². The van der Waals surface area contributed by atoms with Gasteiger partial charge in [-0.2, -0.15) is 17.6 Å². The molecule has 0 radical (unpaired) electrons. The minimum Gasteiger partial charge on any atom is -0.378 e. The number of halogens is 5. The number of urea groups is 1. The number of amides is 2. The summed E-state index contributed by atoms with van der Waals surface area (Å²) in [4.78, 5) is 20.3. The van der Waals surface area contributed by atoms with Crippen LogP contribution in [0.1, 0.15) is 18.4 Å². The number of morpholine rings is 1. The average molecular weight is 524 g/mol. The highest BCUT2D eigenvalue weighted by molar-refractivity contribution is 5.91. The van der Waals surface area contributed by atoms with Crippen LogP contribution in [0.2, 0.25) is 0 Å². The second-order valence-corrected chi connectivity index (χ2v) is 9.49. The van der Waals surface area contributed by atoms with Crippen LogP contribution in [0.25, 0.3) is 16.8 Å². The molecule has 2 fully saturated rings. The molecule has 1 aromatic carbocycles. The molecule has 12 heteroatoms. The van der Waals surface area contributed by atoms with Crippen molar-refractivity contribution in [2.24, 2.45) is 5.92 Å². The molecule has 7 nitrogen and oxygen atoms in total. The molecule has 0 spiro atoms. The molecule has 0 saturated carbocycles. The quantitative estimate of drug-likeness (QED) is 0.476. The van der Waals surface area contributed by atoms with Gasteiger partial charge in [0.05, 0.1) is 30.8 Å². The number of alkyl halides is 3. The van der Waals surface area contributed by atoms with Crippen LogP contribution >= 0.6 is 0 Å². The van der Waals surface area contributed by atoms with E-state index in [1.807, 2.05) is 11.0 Å². The lowest BCUT2D eigenvalue weighted by molar-refractivity contribution is -0.143. The van der Waals surface area contributed by atoms with E-state index in [0.29, 0.717) is 54.3 Å². The highest BCUT2D eigenvalue weighted by atomic mass is 19.4. The summed E-state index contributed by atoms with van der Waals surface area (Å²) in [6.07, 6.45) is -2.33. The molecule has 2 aromatic heterocycles. The number of imidazole rings is 1. The van der Waals surface area contributed by atoms with Crippen LogP contribution in [0.5, 0.6) is 0 Å². The first-order chi connectivity index (χ1) is 17.6. The monoisotopic (exact) mass is 523 g/mol. The van der Waals surface area contributed by atoms with Crippen molar-refractivity contribution < 1.29 is 31.5 Å². The number of hydrogen-bond donors (Lipinski definition) is 1. The number of anilines is 2. The maximum atomic E-state index is 14.9. The van der Waals surface area contributed by atoms with E-state index in [9.17, 15) is 26.7 Å². The minimum absolute atomic E-state index is 0.0504. The first-order valence-corrected chi connectivity index (χ1v) is 12.0. The Morgan fingerprint density at radius 3 is 2.65 bits per heavy atom. The van der Waals surface area contributed by atoms with Crippen molar-refractivity contribution in [3.05, 3.63) is 47.9 Å². The van der Waals surface area contributed by atoms with E-state index >= 15 is 0 Å². The zero-order valence-electron chi connectivity index (χ0n) is 20.1. The van der Waals surface area contributed by atoms with Gasteiger partial charge in [-0.15, -0.1) is 0 Å². The first kappa shape index (κ1) is 25.2. The summed E-state index contributed by atoms with van der Waals surface area (Å²) < 4.78 is 74.3. The largest absolute Gasteiger partial charge is 0.389 e. The van der Waals surface area contributed by atoms with Crippen molar-refractivity contribution in [3.8, 4) is 11.1 Å². The molecule has 37 heavy (non-hydrogen) atoms. The topological polar surface area (TPSA) is 62.1 Å². The number of ether oxygens (including phenoxy) is 1. The van der Waals surface area contributed by atoms with Crippen molar-refractivity contribution in [3.63, 3.8) is 0 Å². The highest BCUT2D eigenvalue weighted by Crippen LogP contribution is 2.35. The summed E-state index contributed by atoms with van der Waals surface area (Å²) >= 11 is 0. The van der Waals surface area contributed by atoms with E-state index in [1.165, 1.54) is 21.4 Å². The van der Waals surface area contributed by atoms with Gasteiger partial charge in [0.2, 0.25) is 5.95 Å². The fraction of sp³-hybridized carbons (Fsp3) is 0.440. The number of rotatable bonds is 4. The van der Waals surface area contributed by atoms with Gasteiger partial charge in [-0.25, -0.2) is 14.2 Å². The zero-order chi connectivity index (χ0) is 26.3. The summed E-state index contributed by atoms with van der Waals surface area (Å²) in [5.41, 5.74) is 2.76. The lowest BCUT2D eigenvalue weighted by Gasteiger charge is -2.29. The van der Waals surface area contributed by atoms with Gasteiger partial charge in [-0.3, -0.25) is 4.40 Å². The third-order valence-electron chi connectivity index (χ3n) is 6.85. The van der Waals surface area contributed by atoms with Crippen molar-refractivity contribution in [1.82, 2.24) is 14.3 Å². The number of aryl methyl sites for hydroxylation is 1. The number of carbonyl (C=O) groups excluding carboxylic acids is 1. The fourth-order valence-corrected chi connectivity index (χ4v) is 5.01. The summed E-state index contributed by atoms with van der Waals surface area (Å²) in [5.74, 6) is -1.91. The minimum atomic E-state index is -4.30. The summed E-state index contributed by atoms with van der Waals surface area (Å²) in [6.45, 7) is 4.05. The molecule has 0 aliphatic carbocycles. The number of carbonyl (C=O) groups is 1. The van der Waals surface area contributed by atoms with Crippen molar-refractivity contribution >= 4 is 23.1 Å². The SMILES string of the molecule is Cc1cc(F)c(NC(=O)N2CC[C@@H](CC(F)(F)F)C2)cc1-c1cc(N2CCOCC2)c2ncc(F)n2c1. The van der Waals surface area contributed by atoms with Crippen molar-refractivity contribution in [2.45, 2.75) is 25.9 Å². The fourth-order valence-electron chi connectivity index (χ4n) is 5.01.